The van der Waals surface area contributed by atoms with Gasteiger partial charge in [-0.05, 0) is 13.8 Å². The third kappa shape index (κ3) is 6.45. The van der Waals surface area contributed by atoms with Crippen molar-refractivity contribution in [2.75, 3.05) is 0 Å². The molecular weight excluding hydrogens is 264 g/mol. The Kier molecular flexibility index (Phi) is 7.53. The van der Waals surface area contributed by atoms with Crippen molar-refractivity contribution in [2.24, 2.45) is 22.1 Å². The molecule has 0 radical (unpaired) electrons. The largest absolute Gasteiger partial charge is 0.481 e. The van der Waals surface area contributed by atoms with Crippen LogP contribution in [-0.2, 0) is 9.59 Å². The molecule has 0 aliphatic carbocycles. The van der Waals surface area contributed by atoms with Gasteiger partial charge in [0.2, 0.25) is 0 Å². The van der Waals surface area contributed by atoms with Gasteiger partial charge in [-0.15, -0.1) is 0 Å². The van der Waals surface area contributed by atoms with Crippen LogP contribution in [-0.4, -0.2) is 34.2 Å². The van der Waals surface area contributed by atoms with E-state index in [1.165, 1.54) is 0 Å². The van der Waals surface area contributed by atoms with E-state index in [4.69, 9.17) is 20.7 Å². The van der Waals surface area contributed by atoms with Crippen LogP contribution in [0, 0.1) is 34.5 Å². The van der Waals surface area contributed by atoms with E-state index in [1.54, 1.807) is 13.8 Å². The van der Waals surface area contributed by atoms with Crippen molar-refractivity contribution in [1.29, 1.82) is 10.5 Å². The summed E-state index contributed by atoms with van der Waals surface area (Å²) in [5.74, 6) is -3.84. The number of nitrogens with zero attached hydrogens (tertiary/aromatic N) is 4. The summed E-state index contributed by atoms with van der Waals surface area (Å²) >= 11 is 0. The van der Waals surface area contributed by atoms with Crippen molar-refractivity contribution in [1.82, 2.24) is 0 Å². The monoisotopic (exact) mass is 280 g/mol. The van der Waals surface area contributed by atoms with E-state index in [-0.39, 0.29) is 12.8 Å². The summed E-state index contributed by atoms with van der Waals surface area (Å²) in [4.78, 5) is 21.1. The topological polar surface area (TPSA) is 147 Å². The molecule has 0 aliphatic heterocycles. The maximum absolute atomic E-state index is 10.6. The predicted molar refractivity (Wildman–Crippen MR) is 66.5 cm³/mol. The lowest BCUT2D eigenvalue weighted by molar-refractivity contribution is -0.138. The molecule has 108 valence electrons. The molecule has 0 saturated heterocycles. The Bertz CT molecular complexity index is 421. The van der Waals surface area contributed by atoms with Gasteiger partial charge in [0, 0.05) is 0 Å². The van der Waals surface area contributed by atoms with Gasteiger partial charge in [-0.2, -0.15) is 20.8 Å². The third-order valence-corrected chi connectivity index (χ3v) is 2.72. The molecular formula is C12H16N4O4. The third-order valence-electron chi connectivity index (χ3n) is 2.72. The fourth-order valence-electron chi connectivity index (χ4n) is 1.40. The number of azo groups is 1. The molecule has 4 atom stereocenters. The Hall–Kier alpha value is -2.48. The summed E-state index contributed by atoms with van der Waals surface area (Å²) in [6.07, 6.45) is -0.691. The zero-order valence-corrected chi connectivity index (χ0v) is 11.2. The summed E-state index contributed by atoms with van der Waals surface area (Å²) in [5, 5.41) is 42.6. The van der Waals surface area contributed by atoms with Crippen molar-refractivity contribution in [3.63, 3.8) is 0 Å². The molecule has 8 heteroatoms. The highest BCUT2D eigenvalue weighted by Gasteiger charge is 2.22. The molecule has 2 N–H and O–H groups in total. The molecule has 0 bridgehead atoms. The first-order valence-electron chi connectivity index (χ1n) is 5.94. The lowest BCUT2D eigenvalue weighted by Gasteiger charge is -2.13. The van der Waals surface area contributed by atoms with E-state index in [1.807, 2.05) is 12.1 Å². The summed E-state index contributed by atoms with van der Waals surface area (Å²) in [6.45, 7) is 3.09. The van der Waals surface area contributed by atoms with Gasteiger partial charge in [-0.25, -0.2) is 0 Å². The lowest BCUT2D eigenvalue weighted by atomic mass is 9.99. The highest BCUT2D eigenvalue weighted by molar-refractivity contribution is 5.68. The molecule has 0 aromatic carbocycles. The minimum Gasteiger partial charge on any atom is -0.481 e. The standard InChI is InChI=1S/C12H16N4O4/c1-7(9(5-13)3-11(17)18)15-16-8(2)10(6-14)4-12(19)20/h7-10H,3-4H2,1-2H3,(H,17,18)(H,19,20). The number of rotatable bonds is 8. The first-order valence-corrected chi connectivity index (χ1v) is 5.94. The van der Waals surface area contributed by atoms with Crippen LogP contribution in [0.25, 0.3) is 0 Å². The van der Waals surface area contributed by atoms with Crippen LogP contribution >= 0.6 is 0 Å². The predicted octanol–water partition coefficient (Wildman–Crippen LogP) is 1.44. The second-order valence-corrected chi connectivity index (χ2v) is 4.38. The summed E-state index contributed by atoms with van der Waals surface area (Å²) in [7, 11) is 0. The molecule has 8 nitrogen and oxygen atoms in total. The van der Waals surface area contributed by atoms with Gasteiger partial charge in [-0.1, -0.05) is 0 Å². The molecule has 0 spiro atoms. The van der Waals surface area contributed by atoms with Gasteiger partial charge >= 0.3 is 11.9 Å². The van der Waals surface area contributed by atoms with Crippen molar-refractivity contribution in [3.05, 3.63) is 0 Å². The quantitative estimate of drug-likeness (QED) is 0.643. The minimum atomic E-state index is -1.10. The first-order chi connectivity index (χ1) is 9.31. The maximum atomic E-state index is 10.6. The van der Waals surface area contributed by atoms with Crippen molar-refractivity contribution < 1.29 is 19.8 Å². The molecule has 0 aliphatic rings. The second kappa shape index (κ2) is 8.59. The van der Waals surface area contributed by atoms with Gasteiger partial charge < -0.3 is 10.2 Å². The maximum Gasteiger partial charge on any atom is 0.304 e. The molecule has 20 heavy (non-hydrogen) atoms. The summed E-state index contributed by atoms with van der Waals surface area (Å²) in [5.41, 5.74) is 0. The van der Waals surface area contributed by atoms with E-state index < -0.39 is 35.9 Å². The number of aliphatic carboxylic acids is 2. The highest BCUT2D eigenvalue weighted by Crippen LogP contribution is 2.16. The first kappa shape index (κ1) is 17.5. The summed E-state index contributed by atoms with van der Waals surface area (Å²) in [6, 6.07) is 2.40. The van der Waals surface area contributed by atoms with Crippen LogP contribution in [0.3, 0.4) is 0 Å². The van der Waals surface area contributed by atoms with Gasteiger partial charge in [0.15, 0.2) is 0 Å². The zero-order chi connectivity index (χ0) is 15.7. The Morgan fingerprint density at radius 1 is 0.950 bits per heavy atom. The van der Waals surface area contributed by atoms with Crippen LogP contribution in [0.2, 0.25) is 0 Å². The fourth-order valence-corrected chi connectivity index (χ4v) is 1.40. The van der Waals surface area contributed by atoms with Crippen LogP contribution < -0.4 is 0 Å². The molecule has 0 amide bonds. The zero-order valence-electron chi connectivity index (χ0n) is 11.2. The number of hydrogen-bond acceptors (Lipinski definition) is 6. The molecule has 0 saturated carbocycles. The molecule has 0 rings (SSSR count). The van der Waals surface area contributed by atoms with E-state index in [2.05, 4.69) is 10.2 Å². The second-order valence-electron chi connectivity index (χ2n) is 4.38. The van der Waals surface area contributed by atoms with Crippen molar-refractivity contribution in [3.8, 4) is 12.1 Å². The smallest absolute Gasteiger partial charge is 0.304 e. The van der Waals surface area contributed by atoms with E-state index in [0.717, 1.165) is 0 Å². The van der Waals surface area contributed by atoms with E-state index in [9.17, 15) is 9.59 Å². The number of carbonyl (C=O) groups is 2. The summed E-state index contributed by atoms with van der Waals surface area (Å²) < 4.78 is 0. The average Bonchev–Trinajstić information content (AvgIpc) is 2.38. The number of carboxylic acids is 2. The Labute approximate surface area is 116 Å². The number of nitriles is 2. The Balaban J connectivity index is 4.67. The van der Waals surface area contributed by atoms with Gasteiger partial charge in [0.1, 0.15) is 0 Å². The lowest BCUT2D eigenvalue weighted by Crippen LogP contribution is -2.20. The van der Waals surface area contributed by atoms with Crippen LogP contribution in [0.15, 0.2) is 10.2 Å². The van der Waals surface area contributed by atoms with Crippen LogP contribution in [0.1, 0.15) is 26.7 Å². The number of hydrogen-bond donors (Lipinski definition) is 2. The Morgan fingerprint density at radius 3 is 1.45 bits per heavy atom. The SMILES string of the molecule is CC(N=NC(C)C(C#N)CC(=O)O)C(C#N)CC(=O)O. The van der Waals surface area contributed by atoms with Crippen molar-refractivity contribution >= 4 is 11.9 Å². The van der Waals surface area contributed by atoms with Crippen LogP contribution in [0.5, 0.6) is 0 Å². The molecule has 0 aromatic rings. The average molecular weight is 280 g/mol. The van der Waals surface area contributed by atoms with E-state index >= 15 is 0 Å². The Morgan fingerprint density at radius 2 is 1.25 bits per heavy atom. The van der Waals surface area contributed by atoms with Crippen LogP contribution in [0.4, 0.5) is 0 Å². The molecule has 0 aromatic heterocycles. The molecule has 4 unspecified atom stereocenters. The van der Waals surface area contributed by atoms with Gasteiger partial charge in [-0.3, -0.25) is 9.59 Å². The van der Waals surface area contributed by atoms with Gasteiger partial charge in [0.25, 0.3) is 0 Å². The van der Waals surface area contributed by atoms with Crippen molar-refractivity contribution in [2.45, 2.75) is 38.8 Å². The molecule has 0 fully saturated rings. The molecule has 0 heterocycles. The minimum absolute atomic E-state index is 0.345. The van der Waals surface area contributed by atoms with Gasteiger partial charge in [0.05, 0.1) is 48.9 Å². The number of carboxylic acid groups (broad SMARTS) is 2. The highest BCUT2D eigenvalue weighted by atomic mass is 16.4. The fraction of sp³-hybridized carbons (Fsp3) is 0.667. The van der Waals surface area contributed by atoms with E-state index in [0.29, 0.717) is 0 Å². The normalized spacial score (nSPS) is 16.6.